The zero-order chi connectivity index (χ0) is 13.8. The molecule has 0 radical (unpaired) electrons. The lowest BCUT2D eigenvalue weighted by Crippen LogP contribution is -1.96. The summed E-state index contributed by atoms with van der Waals surface area (Å²) in [4.78, 5) is 39.0. The van der Waals surface area contributed by atoms with Gasteiger partial charge in [0.25, 0.3) is 0 Å². The van der Waals surface area contributed by atoms with Gasteiger partial charge in [-0.3, -0.25) is 0 Å². The molecule has 0 spiro atoms. The van der Waals surface area contributed by atoms with E-state index in [0.29, 0.717) is 18.2 Å². The molecule has 0 aromatic rings. The quantitative estimate of drug-likeness (QED) is 0.446. The Balaban J connectivity index is 0. The number of carboxylic acid groups (broad SMARTS) is 3. The van der Waals surface area contributed by atoms with E-state index >= 15 is 0 Å². The molecule has 0 unspecified atom stereocenters. The van der Waals surface area contributed by atoms with Crippen molar-refractivity contribution in [3.63, 3.8) is 0 Å². The molecule has 0 saturated heterocycles. The Kier molecular flexibility index (Phi) is 9.77. The van der Waals surface area contributed by atoms with Crippen molar-refractivity contribution < 1.29 is 39.2 Å². The van der Waals surface area contributed by atoms with Crippen molar-refractivity contribution in [3.8, 4) is 0 Å². The fourth-order valence-corrected chi connectivity index (χ4v) is 0.350. The molecule has 0 amide bonds. The van der Waals surface area contributed by atoms with Gasteiger partial charge >= 0.3 is 23.9 Å². The Morgan fingerprint density at radius 3 is 1.29 bits per heavy atom. The number of carboxylic acids is 3. The molecule has 0 bridgehead atoms. The fraction of sp³-hybridized carbons (Fsp3) is 0.111. The second-order valence-electron chi connectivity index (χ2n) is 2.20. The SMILES string of the molecule is COC(=O)/C=C\C(=O)O.O=C(O)C=CC(=O)O. The van der Waals surface area contributed by atoms with Crippen molar-refractivity contribution in [1.29, 1.82) is 0 Å². The van der Waals surface area contributed by atoms with Crippen LogP contribution in [0, 0.1) is 0 Å². The number of hydrogen-bond donors (Lipinski definition) is 3. The van der Waals surface area contributed by atoms with E-state index in [1.807, 2.05) is 0 Å². The smallest absolute Gasteiger partial charge is 0.330 e. The van der Waals surface area contributed by atoms with E-state index in [2.05, 4.69) is 4.74 Å². The van der Waals surface area contributed by atoms with Gasteiger partial charge in [-0.2, -0.15) is 0 Å². The first-order valence-corrected chi connectivity index (χ1v) is 3.92. The highest BCUT2D eigenvalue weighted by Crippen LogP contribution is 1.76. The average Bonchev–Trinajstić information content (AvgIpc) is 2.23. The highest BCUT2D eigenvalue weighted by molar-refractivity contribution is 5.90. The molecule has 0 aliphatic rings. The zero-order valence-corrected chi connectivity index (χ0v) is 8.69. The van der Waals surface area contributed by atoms with Crippen molar-refractivity contribution in [2.24, 2.45) is 0 Å². The van der Waals surface area contributed by atoms with Crippen LogP contribution in [0.5, 0.6) is 0 Å². The molecule has 0 aromatic heterocycles. The van der Waals surface area contributed by atoms with Crippen molar-refractivity contribution in [3.05, 3.63) is 24.3 Å². The number of methoxy groups -OCH3 is 1. The van der Waals surface area contributed by atoms with Gasteiger partial charge < -0.3 is 20.1 Å². The van der Waals surface area contributed by atoms with Crippen molar-refractivity contribution >= 4 is 23.9 Å². The number of ether oxygens (including phenoxy) is 1. The van der Waals surface area contributed by atoms with Gasteiger partial charge in [0.1, 0.15) is 0 Å². The number of hydrogen-bond acceptors (Lipinski definition) is 5. The maximum atomic E-state index is 10.1. The molecule has 0 aliphatic heterocycles. The van der Waals surface area contributed by atoms with Gasteiger partial charge in [-0.15, -0.1) is 0 Å². The monoisotopic (exact) mass is 246 g/mol. The van der Waals surface area contributed by atoms with Crippen LogP contribution >= 0.6 is 0 Å². The zero-order valence-electron chi connectivity index (χ0n) is 8.69. The van der Waals surface area contributed by atoms with E-state index in [0.717, 1.165) is 6.08 Å². The number of aliphatic carboxylic acids is 3. The number of carbonyl (C=O) groups excluding carboxylic acids is 1. The van der Waals surface area contributed by atoms with Gasteiger partial charge in [0.2, 0.25) is 0 Å². The lowest BCUT2D eigenvalue weighted by molar-refractivity contribution is -0.136. The van der Waals surface area contributed by atoms with E-state index in [-0.39, 0.29) is 0 Å². The van der Waals surface area contributed by atoms with Gasteiger partial charge in [0, 0.05) is 24.3 Å². The predicted octanol–water partition coefficient (Wildman–Crippen LogP) is -0.488. The van der Waals surface area contributed by atoms with Gasteiger partial charge in [0.05, 0.1) is 7.11 Å². The molecule has 94 valence electrons. The van der Waals surface area contributed by atoms with Crippen LogP contribution in [0.25, 0.3) is 0 Å². The summed E-state index contributed by atoms with van der Waals surface area (Å²) in [6, 6.07) is 0. The summed E-state index contributed by atoms with van der Waals surface area (Å²) in [6.07, 6.45) is 2.67. The second kappa shape index (κ2) is 9.90. The highest BCUT2D eigenvalue weighted by Gasteiger charge is 1.91. The van der Waals surface area contributed by atoms with Crippen molar-refractivity contribution in [1.82, 2.24) is 0 Å². The molecular formula is C9H10O8. The van der Waals surface area contributed by atoms with E-state index < -0.39 is 23.9 Å². The first-order valence-electron chi connectivity index (χ1n) is 3.92. The molecule has 0 atom stereocenters. The maximum absolute atomic E-state index is 10.1. The Labute approximate surface area is 95.4 Å². The first-order chi connectivity index (χ1) is 7.79. The third-order valence-corrected chi connectivity index (χ3v) is 0.932. The van der Waals surface area contributed by atoms with E-state index in [1.165, 1.54) is 7.11 Å². The first kappa shape index (κ1) is 16.8. The van der Waals surface area contributed by atoms with Crippen LogP contribution in [-0.4, -0.2) is 46.3 Å². The minimum atomic E-state index is -1.26. The van der Waals surface area contributed by atoms with Crippen LogP contribution < -0.4 is 0 Å². The van der Waals surface area contributed by atoms with E-state index in [4.69, 9.17) is 15.3 Å². The molecule has 8 heteroatoms. The molecule has 8 nitrogen and oxygen atoms in total. The van der Waals surface area contributed by atoms with Crippen LogP contribution in [-0.2, 0) is 23.9 Å². The summed E-state index contributed by atoms with van der Waals surface area (Å²) in [5, 5.41) is 23.6. The molecule has 17 heavy (non-hydrogen) atoms. The Morgan fingerprint density at radius 2 is 1.06 bits per heavy atom. The Hall–Kier alpha value is -2.64. The topological polar surface area (TPSA) is 138 Å². The van der Waals surface area contributed by atoms with Gasteiger partial charge in [-0.05, 0) is 0 Å². The molecule has 0 aromatic carbocycles. The Morgan fingerprint density at radius 1 is 0.765 bits per heavy atom. The van der Waals surface area contributed by atoms with Gasteiger partial charge in [-0.25, -0.2) is 19.2 Å². The third kappa shape index (κ3) is 19.7. The van der Waals surface area contributed by atoms with Crippen LogP contribution in [0.1, 0.15) is 0 Å². The molecule has 0 heterocycles. The van der Waals surface area contributed by atoms with Crippen molar-refractivity contribution in [2.75, 3.05) is 7.11 Å². The van der Waals surface area contributed by atoms with E-state index in [9.17, 15) is 19.2 Å². The fourth-order valence-electron chi connectivity index (χ4n) is 0.350. The molecule has 0 saturated carbocycles. The average molecular weight is 246 g/mol. The summed E-state index contributed by atoms with van der Waals surface area (Å²) < 4.78 is 4.11. The lowest BCUT2D eigenvalue weighted by atomic mass is 10.5. The summed E-state index contributed by atoms with van der Waals surface area (Å²) >= 11 is 0. The molecule has 0 fully saturated rings. The molecule has 3 N–H and O–H groups in total. The second-order valence-corrected chi connectivity index (χ2v) is 2.20. The van der Waals surface area contributed by atoms with Crippen molar-refractivity contribution in [2.45, 2.75) is 0 Å². The predicted molar refractivity (Wildman–Crippen MR) is 53.2 cm³/mol. The summed E-state index contributed by atoms with van der Waals surface area (Å²) in [5.41, 5.74) is 0. The standard InChI is InChI=1S/C5H6O4.C4H4O4/c1-9-5(8)3-2-4(6)7;5-3(6)1-2-4(7)8/h2-3H,1H3,(H,6,7);1-2H,(H,5,6)(H,7,8)/b3-2-;. The van der Waals surface area contributed by atoms with Gasteiger partial charge in [0.15, 0.2) is 0 Å². The van der Waals surface area contributed by atoms with Crippen LogP contribution in [0.2, 0.25) is 0 Å². The number of esters is 1. The Bertz CT molecular complexity index is 336. The molecule has 0 rings (SSSR count). The lowest BCUT2D eigenvalue weighted by Gasteiger charge is -1.85. The molecular weight excluding hydrogens is 236 g/mol. The minimum Gasteiger partial charge on any atom is -0.478 e. The number of rotatable bonds is 4. The normalized spacial score (nSPS) is 9.47. The van der Waals surface area contributed by atoms with Gasteiger partial charge in [-0.1, -0.05) is 0 Å². The molecule has 0 aliphatic carbocycles. The summed E-state index contributed by atoms with van der Waals surface area (Å²) in [6.45, 7) is 0. The minimum absolute atomic E-state index is 0.558. The maximum Gasteiger partial charge on any atom is 0.330 e. The largest absolute Gasteiger partial charge is 0.478 e. The number of carbonyl (C=O) groups is 4. The van der Waals surface area contributed by atoms with E-state index in [1.54, 1.807) is 0 Å². The van der Waals surface area contributed by atoms with Crippen LogP contribution in [0.15, 0.2) is 24.3 Å². The summed E-state index contributed by atoms with van der Waals surface area (Å²) in [7, 11) is 1.18. The summed E-state index contributed by atoms with van der Waals surface area (Å²) in [5.74, 6) is -4.35. The van der Waals surface area contributed by atoms with Crippen LogP contribution in [0.4, 0.5) is 0 Å². The third-order valence-electron chi connectivity index (χ3n) is 0.932. The highest BCUT2D eigenvalue weighted by atomic mass is 16.5. The van der Waals surface area contributed by atoms with Crippen LogP contribution in [0.3, 0.4) is 0 Å².